The standard InChI is InChI=1S/C18H23F3N4O3/c1-23-14-13(24(10-22-14)8-11-2-3-11)15(26)25(16(23)27)9-12-4-6-17(28,7-5-12)18(19,20)21/h10-12,28H,2-9H2,1H3/t12-,17-. The molecule has 1 N–H and O–H groups in total. The molecular formula is C18H23F3N4O3. The van der Waals surface area contributed by atoms with E-state index in [0.717, 1.165) is 17.4 Å². The average molecular weight is 400 g/mol. The van der Waals surface area contributed by atoms with Gasteiger partial charge in [-0.3, -0.25) is 13.9 Å². The Balaban J connectivity index is 1.62. The Morgan fingerprint density at radius 2 is 1.75 bits per heavy atom. The third-order valence-electron chi connectivity index (χ3n) is 6.15. The van der Waals surface area contributed by atoms with Crippen LogP contribution in [0.3, 0.4) is 0 Å². The van der Waals surface area contributed by atoms with E-state index in [1.807, 2.05) is 0 Å². The van der Waals surface area contributed by atoms with E-state index in [1.165, 1.54) is 4.57 Å². The molecule has 2 fully saturated rings. The third-order valence-corrected chi connectivity index (χ3v) is 6.15. The molecule has 0 radical (unpaired) electrons. The number of hydrogen-bond donors (Lipinski definition) is 1. The van der Waals surface area contributed by atoms with Gasteiger partial charge in [0.25, 0.3) is 5.56 Å². The van der Waals surface area contributed by atoms with E-state index in [1.54, 1.807) is 17.9 Å². The van der Waals surface area contributed by atoms with Crippen LogP contribution in [0.25, 0.3) is 11.2 Å². The lowest BCUT2D eigenvalue weighted by Gasteiger charge is -2.37. The molecule has 0 amide bonds. The highest BCUT2D eigenvalue weighted by atomic mass is 19.4. The van der Waals surface area contributed by atoms with Crippen molar-refractivity contribution in [3.05, 3.63) is 27.2 Å². The summed E-state index contributed by atoms with van der Waals surface area (Å²) >= 11 is 0. The molecule has 2 heterocycles. The van der Waals surface area contributed by atoms with Gasteiger partial charge in [-0.1, -0.05) is 0 Å². The van der Waals surface area contributed by atoms with E-state index < -0.39 is 35.9 Å². The van der Waals surface area contributed by atoms with Gasteiger partial charge in [-0.2, -0.15) is 13.2 Å². The number of aromatic nitrogens is 4. The zero-order valence-corrected chi connectivity index (χ0v) is 15.6. The minimum atomic E-state index is -4.67. The molecule has 10 heteroatoms. The van der Waals surface area contributed by atoms with Crippen molar-refractivity contribution in [2.75, 3.05) is 0 Å². The topological polar surface area (TPSA) is 82.0 Å². The Morgan fingerprint density at radius 3 is 2.32 bits per heavy atom. The van der Waals surface area contributed by atoms with Crippen LogP contribution in [0.15, 0.2) is 15.9 Å². The minimum absolute atomic E-state index is 0.0456. The van der Waals surface area contributed by atoms with E-state index in [-0.39, 0.29) is 25.3 Å². The minimum Gasteiger partial charge on any atom is -0.380 e. The van der Waals surface area contributed by atoms with Gasteiger partial charge in [-0.05, 0) is 50.4 Å². The zero-order valence-electron chi connectivity index (χ0n) is 15.6. The van der Waals surface area contributed by atoms with Crippen LogP contribution in [0.1, 0.15) is 38.5 Å². The fourth-order valence-electron chi connectivity index (χ4n) is 4.08. The summed E-state index contributed by atoms with van der Waals surface area (Å²) in [6.07, 6.45) is -1.53. The number of imidazole rings is 1. The molecule has 154 valence electrons. The molecule has 0 atom stereocenters. The highest BCUT2D eigenvalue weighted by Gasteiger charge is 2.54. The number of hydrogen-bond acceptors (Lipinski definition) is 4. The molecule has 2 aliphatic carbocycles. The average Bonchev–Trinajstić information content (AvgIpc) is 3.34. The number of rotatable bonds is 4. The van der Waals surface area contributed by atoms with Gasteiger partial charge in [0.15, 0.2) is 16.8 Å². The van der Waals surface area contributed by atoms with Gasteiger partial charge in [0.2, 0.25) is 0 Å². The van der Waals surface area contributed by atoms with Gasteiger partial charge < -0.3 is 9.67 Å². The highest BCUT2D eigenvalue weighted by molar-refractivity contribution is 5.69. The first-order chi connectivity index (χ1) is 13.1. The van der Waals surface area contributed by atoms with Gasteiger partial charge in [-0.15, -0.1) is 0 Å². The van der Waals surface area contributed by atoms with Gasteiger partial charge >= 0.3 is 11.9 Å². The first-order valence-corrected chi connectivity index (χ1v) is 9.54. The van der Waals surface area contributed by atoms with Crippen molar-refractivity contribution in [2.24, 2.45) is 18.9 Å². The third kappa shape index (κ3) is 3.17. The second-order valence-corrected chi connectivity index (χ2v) is 8.24. The number of aliphatic hydroxyl groups is 1. The van der Waals surface area contributed by atoms with Gasteiger partial charge in [0.05, 0.1) is 6.33 Å². The lowest BCUT2D eigenvalue weighted by Crippen LogP contribution is -2.49. The van der Waals surface area contributed by atoms with Gasteiger partial charge in [-0.25, -0.2) is 9.78 Å². The van der Waals surface area contributed by atoms with Crippen molar-refractivity contribution >= 4 is 11.2 Å². The molecular weight excluding hydrogens is 377 g/mol. The van der Waals surface area contributed by atoms with Crippen LogP contribution in [-0.2, 0) is 20.1 Å². The van der Waals surface area contributed by atoms with Crippen LogP contribution < -0.4 is 11.2 Å². The van der Waals surface area contributed by atoms with Crippen LogP contribution >= 0.6 is 0 Å². The maximum atomic E-state index is 13.0. The Morgan fingerprint density at radius 1 is 1.14 bits per heavy atom. The quantitative estimate of drug-likeness (QED) is 0.849. The van der Waals surface area contributed by atoms with Crippen LogP contribution in [0, 0.1) is 11.8 Å². The van der Waals surface area contributed by atoms with Crippen molar-refractivity contribution in [3.63, 3.8) is 0 Å². The van der Waals surface area contributed by atoms with Crippen LogP contribution in [0.2, 0.25) is 0 Å². The zero-order chi connectivity index (χ0) is 20.3. The number of fused-ring (bicyclic) bond motifs is 1. The van der Waals surface area contributed by atoms with E-state index >= 15 is 0 Å². The number of alkyl halides is 3. The monoisotopic (exact) mass is 400 g/mol. The molecule has 0 aliphatic heterocycles. The molecule has 0 spiro atoms. The summed E-state index contributed by atoms with van der Waals surface area (Å²) in [4.78, 5) is 29.9. The number of nitrogens with zero attached hydrogens (tertiary/aromatic N) is 4. The lowest BCUT2D eigenvalue weighted by atomic mass is 9.78. The molecule has 0 unspecified atom stereocenters. The summed E-state index contributed by atoms with van der Waals surface area (Å²) < 4.78 is 43.1. The van der Waals surface area contributed by atoms with E-state index in [2.05, 4.69) is 4.98 Å². The predicted molar refractivity (Wildman–Crippen MR) is 94.9 cm³/mol. The lowest BCUT2D eigenvalue weighted by molar-refractivity contribution is -0.272. The maximum absolute atomic E-state index is 13.0. The number of aryl methyl sites for hydroxylation is 1. The van der Waals surface area contributed by atoms with Crippen LogP contribution in [0.5, 0.6) is 0 Å². The summed E-state index contributed by atoms with van der Waals surface area (Å²) in [6.45, 7) is 0.718. The summed E-state index contributed by atoms with van der Waals surface area (Å²) in [7, 11) is 1.54. The molecule has 2 aromatic heterocycles. The summed E-state index contributed by atoms with van der Waals surface area (Å²) in [6, 6.07) is 0. The molecule has 2 aromatic rings. The van der Waals surface area contributed by atoms with Crippen LogP contribution in [-0.4, -0.2) is 35.6 Å². The predicted octanol–water partition coefficient (Wildman–Crippen LogP) is 1.79. The molecule has 28 heavy (non-hydrogen) atoms. The van der Waals surface area contributed by atoms with E-state index in [4.69, 9.17) is 0 Å². The molecule has 0 aromatic carbocycles. The first-order valence-electron chi connectivity index (χ1n) is 9.54. The largest absolute Gasteiger partial charge is 0.417 e. The summed E-state index contributed by atoms with van der Waals surface area (Å²) in [5, 5.41) is 9.81. The van der Waals surface area contributed by atoms with Gasteiger partial charge in [0.1, 0.15) is 0 Å². The van der Waals surface area contributed by atoms with Crippen molar-refractivity contribution < 1.29 is 18.3 Å². The second kappa shape index (κ2) is 6.47. The highest BCUT2D eigenvalue weighted by Crippen LogP contribution is 2.43. The number of halogens is 3. The van der Waals surface area contributed by atoms with E-state index in [0.29, 0.717) is 23.6 Å². The van der Waals surface area contributed by atoms with E-state index in [9.17, 15) is 27.9 Å². The molecule has 2 saturated carbocycles. The molecule has 4 rings (SSSR count). The SMILES string of the molecule is Cn1c(=O)n(C[C@H]2CC[C@@](O)(C(F)(F)F)CC2)c(=O)c2c1ncn2CC1CC1. The first kappa shape index (κ1) is 19.2. The second-order valence-electron chi connectivity index (χ2n) is 8.24. The Labute approximate surface area is 158 Å². The van der Waals surface area contributed by atoms with Crippen molar-refractivity contribution in [1.29, 1.82) is 0 Å². The van der Waals surface area contributed by atoms with Crippen molar-refractivity contribution in [2.45, 2.75) is 63.4 Å². The molecule has 7 nitrogen and oxygen atoms in total. The summed E-state index contributed by atoms with van der Waals surface area (Å²) in [5.74, 6) is 0.242. The maximum Gasteiger partial charge on any atom is 0.417 e. The smallest absolute Gasteiger partial charge is 0.380 e. The summed E-state index contributed by atoms with van der Waals surface area (Å²) in [5.41, 5.74) is -2.97. The normalized spacial score (nSPS) is 26.1. The van der Waals surface area contributed by atoms with Gasteiger partial charge in [0, 0.05) is 20.1 Å². The molecule has 2 aliphatic rings. The Hall–Kier alpha value is -2.10. The van der Waals surface area contributed by atoms with Crippen molar-refractivity contribution in [1.82, 2.24) is 18.7 Å². The Kier molecular flexibility index (Phi) is 4.44. The fraction of sp³-hybridized carbons (Fsp3) is 0.722. The van der Waals surface area contributed by atoms with Crippen LogP contribution in [0.4, 0.5) is 13.2 Å². The Bertz CT molecular complexity index is 1010. The molecule has 0 bridgehead atoms. The molecule has 0 saturated heterocycles. The van der Waals surface area contributed by atoms with Crippen molar-refractivity contribution in [3.8, 4) is 0 Å². The fourth-order valence-corrected chi connectivity index (χ4v) is 4.08.